The van der Waals surface area contributed by atoms with E-state index >= 15 is 0 Å². The lowest BCUT2D eigenvalue weighted by Crippen LogP contribution is -1.98. The Morgan fingerprint density at radius 2 is 0.723 bits per heavy atom. The lowest BCUT2D eigenvalue weighted by atomic mass is 9.83. The number of rotatable bonds is 3. The van der Waals surface area contributed by atoms with Gasteiger partial charge in [0.15, 0.2) is 0 Å². The molecule has 1 heterocycles. The van der Waals surface area contributed by atoms with Crippen molar-refractivity contribution in [2.75, 3.05) is 0 Å². The molecular weight excluding hydrogens is 569 g/mol. The highest BCUT2D eigenvalue weighted by Gasteiger charge is 2.23. The number of benzene rings is 9. The van der Waals surface area contributed by atoms with Gasteiger partial charge in [0.1, 0.15) is 11.5 Å². The van der Waals surface area contributed by atoms with E-state index < -0.39 is 0 Å². The van der Waals surface area contributed by atoms with Gasteiger partial charge in [-0.15, -0.1) is 0 Å². The van der Waals surface area contributed by atoms with Crippen molar-refractivity contribution in [1.29, 1.82) is 0 Å². The van der Waals surface area contributed by atoms with Crippen LogP contribution >= 0.6 is 0 Å². The minimum Gasteiger partial charge on any atom is -0.456 e. The summed E-state index contributed by atoms with van der Waals surface area (Å²) in [4.78, 5) is 0. The van der Waals surface area contributed by atoms with Gasteiger partial charge in [-0.05, 0) is 88.8 Å². The van der Waals surface area contributed by atoms with Gasteiger partial charge in [-0.2, -0.15) is 0 Å². The van der Waals surface area contributed by atoms with E-state index in [1.54, 1.807) is 0 Å². The van der Waals surface area contributed by atoms with Crippen LogP contribution in [0.2, 0.25) is 0 Å². The van der Waals surface area contributed by atoms with Crippen LogP contribution in [0.3, 0.4) is 0 Å². The van der Waals surface area contributed by atoms with Gasteiger partial charge in [0, 0.05) is 10.9 Å². The van der Waals surface area contributed by atoms with Crippen molar-refractivity contribution in [3.63, 3.8) is 0 Å². The third kappa shape index (κ3) is 3.84. The molecule has 0 bridgehead atoms. The van der Waals surface area contributed by atoms with E-state index in [0.29, 0.717) is 0 Å². The SMILES string of the molecule is c1ccc(-c2c3ccccc3c(-c3ccc(-c4ccc5c6c(cccc46)Oc4ccccc4-5)c4ccccc34)c3ccccc23)cc1. The summed E-state index contributed by atoms with van der Waals surface area (Å²) in [6.45, 7) is 0. The van der Waals surface area contributed by atoms with Crippen molar-refractivity contribution < 1.29 is 4.74 Å². The first kappa shape index (κ1) is 26.1. The van der Waals surface area contributed by atoms with E-state index in [1.807, 2.05) is 6.07 Å². The predicted molar refractivity (Wildman–Crippen MR) is 198 cm³/mol. The fourth-order valence-corrected chi connectivity index (χ4v) is 7.90. The molecule has 0 radical (unpaired) electrons. The molecule has 10 rings (SSSR count). The number of fused-ring (bicyclic) bond motifs is 5. The predicted octanol–water partition coefficient (Wildman–Crippen LogP) is 13.1. The van der Waals surface area contributed by atoms with Crippen LogP contribution < -0.4 is 4.74 Å². The standard InChI is InChI=1S/C46H28O/c1-2-13-29(14-3-1)44-36-18-6-8-20-38(36)45(39-21-9-7-19-37(39)44)40-27-25-32(30-15-4-5-16-31(30)40)33-26-28-41-34-17-10-11-23-42(34)47-43-24-12-22-35(33)46(41)43/h1-28H. The Hall–Kier alpha value is -6.18. The van der Waals surface area contributed by atoms with E-state index in [-0.39, 0.29) is 0 Å². The van der Waals surface area contributed by atoms with Crippen molar-refractivity contribution in [2.24, 2.45) is 0 Å². The highest BCUT2D eigenvalue weighted by Crippen LogP contribution is 2.50. The van der Waals surface area contributed by atoms with Crippen molar-refractivity contribution in [3.05, 3.63) is 170 Å². The van der Waals surface area contributed by atoms with Crippen molar-refractivity contribution in [3.8, 4) is 56.0 Å². The molecule has 1 heteroatoms. The first-order valence-electron chi connectivity index (χ1n) is 16.2. The molecule has 0 spiro atoms. The maximum absolute atomic E-state index is 6.43. The summed E-state index contributed by atoms with van der Waals surface area (Å²) in [7, 11) is 0. The monoisotopic (exact) mass is 596 g/mol. The summed E-state index contributed by atoms with van der Waals surface area (Å²) in [6, 6.07) is 61.5. The van der Waals surface area contributed by atoms with E-state index in [1.165, 1.54) is 82.0 Å². The third-order valence-corrected chi connectivity index (χ3v) is 9.88. The maximum atomic E-state index is 6.43. The highest BCUT2D eigenvalue weighted by molar-refractivity contribution is 6.24. The Morgan fingerprint density at radius 3 is 1.43 bits per heavy atom. The van der Waals surface area contributed by atoms with Crippen molar-refractivity contribution >= 4 is 43.1 Å². The second kappa shape index (κ2) is 10.2. The molecule has 218 valence electrons. The molecule has 47 heavy (non-hydrogen) atoms. The normalized spacial score (nSPS) is 12.0. The smallest absolute Gasteiger partial charge is 0.135 e. The molecule has 0 aromatic heterocycles. The number of hydrogen-bond donors (Lipinski definition) is 0. The first-order chi connectivity index (χ1) is 23.3. The molecule has 9 aromatic rings. The molecule has 0 atom stereocenters. The van der Waals surface area contributed by atoms with Gasteiger partial charge in [0.25, 0.3) is 0 Å². The van der Waals surface area contributed by atoms with Crippen molar-refractivity contribution in [1.82, 2.24) is 0 Å². The summed E-state index contributed by atoms with van der Waals surface area (Å²) >= 11 is 0. The zero-order valence-corrected chi connectivity index (χ0v) is 25.6. The Bertz CT molecular complexity index is 2640. The van der Waals surface area contributed by atoms with Gasteiger partial charge in [-0.3, -0.25) is 0 Å². The summed E-state index contributed by atoms with van der Waals surface area (Å²) in [5.41, 5.74) is 9.85. The molecular formula is C46H28O. The Labute approximate surface area is 272 Å². The third-order valence-electron chi connectivity index (χ3n) is 9.88. The van der Waals surface area contributed by atoms with Crippen LogP contribution in [0, 0.1) is 0 Å². The molecule has 0 aliphatic carbocycles. The zero-order valence-electron chi connectivity index (χ0n) is 25.6. The summed E-state index contributed by atoms with van der Waals surface area (Å²) in [5.74, 6) is 1.82. The molecule has 0 N–H and O–H groups in total. The number of para-hydroxylation sites is 1. The van der Waals surface area contributed by atoms with Gasteiger partial charge in [-0.25, -0.2) is 0 Å². The van der Waals surface area contributed by atoms with E-state index in [2.05, 4.69) is 164 Å². The fraction of sp³-hybridized carbons (Fsp3) is 0. The van der Waals surface area contributed by atoms with Crippen LogP contribution in [0.25, 0.3) is 87.6 Å². The van der Waals surface area contributed by atoms with E-state index in [0.717, 1.165) is 17.1 Å². The number of hydrogen-bond acceptors (Lipinski definition) is 1. The summed E-state index contributed by atoms with van der Waals surface area (Å²) in [6.07, 6.45) is 0. The summed E-state index contributed by atoms with van der Waals surface area (Å²) < 4.78 is 6.43. The molecule has 0 saturated carbocycles. The average molecular weight is 597 g/mol. The lowest BCUT2D eigenvalue weighted by molar-refractivity contribution is 0.487. The lowest BCUT2D eigenvalue weighted by Gasteiger charge is -2.23. The van der Waals surface area contributed by atoms with Gasteiger partial charge in [0.2, 0.25) is 0 Å². The highest BCUT2D eigenvalue weighted by atomic mass is 16.5. The van der Waals surface area contributed by atoms with Crippen LogP contribution in [-0.4, -0.2) is 0 Å². The van der Waals surface area contributed by atoms with Crippen molar-refractivity contribution in [2.45, 2.75) is 0 Å². The Balaban J connectivity index is 1.26. The van der Waals surface area contributed by atoms with Gasteiger partial charge < -0.3 is 4.74 Å². The number of ether oxygens (including phenoxy) is 1. The molecule has 0 fully saturated rings. The van der Waals surface area contributed by atoms with E-state index in [9.17, 15) is 0 Å². The quantitative estimate of drug-likeness (QED) is 0.184. The average Bonchev–Trinajstić information content (AvgIpc) is 3.14. The van der Waals surface area contributed by atoms with Crippen LogP contribution in [0.1, 0.15) is 0 Å². The van der Waals surface area contributed by atoms with E-state index in [4.69, 9.17) is 4.74 Å². The van der Waals surface area contributed by atoms with Gasteiger partial charge in [-0.1, -0.05) is 158 Å². The Kier molecular flexibility index (Phi) is 5.64. The molecule has 1 aliphatic heterocycles. The molecule has 0 amide bonds. The fourth-order valence-electron chi connectivity index (χ4n) is 7.90. The second-order valence-electron chi connectivity index (χ2n) is 12.4. The largest absolute Gasteiger partial charge is 0.456 e. The topological polar surface area (TPSA) is 9.23 Å². The maximum Gasteiger partial charge on any atom is 0.135 e. The van der Waals surface area contributed by atoms with Crippen LogP contribution in [-0.2, 0) is 0 Å². The Morgan fingerprint density at radius 1 is 0.255 bits per heavy atom. The van der Waals surface area contributed by atoms with Gasteiger partial charge >= 0.3 is 0 Å². The molecule has 9 aromatic carbocycles. The molecule has 0 saturated heterocycles. The summed E-state index contributed by atoms with van der Waals surface area (Å²) in [5, 5.41) is 9.92. The molecule has 0 unspecified atom stereocenters. The van der Waals surface area contributed by atoms with Crippen LogP contribution in [0.4, 0.5) is 0 Å². The molecule has 1 aliphatic rings. The van der Waals surface area contributed by atoms with Crippen LogP contribution in [0.5, 0.6) is 11.5 Å². The minimum atomic E-state index is 0.910. The zero-order chi connectivity index (χ0) is 30.9. The first-order valence-corrected chi connectivity index (χ1v) is 16.2. The van der Waals surface area contributed by atoms with Crippen LogP contribution in [0.15, 0.2) is 170 Å². The molecule has 1 nitrogen and oxygen atoms in total. The van der Waals surface area contributed by atoms with Gasteiger partial charge in [0.05, 0.1) is 0 Å². The minimum absolute atomic E-state index is 0.910. The second-order valence-corrected chi connectivity index (χ2v) is 12.4.